The lowest BCUT2D eigenvalue weighted by atomic mass is 10.0. The Kier molecular flexibility index (Phi) is 11.9. The standard InChI is InChI=1S/C36H42N6O8/c1-49-35(47)27-21-37-25(19-23-11-5-3-6-12-23)33(45)42-18-10-16-30(42)32(44)40-28(36(48)50-2)22-38-26(20-24-13-7-4-8-14-24)34(46)41-17-9-15-29(41)31(43)39-27/h3-8,11-14,21-22,25-26,29-30,37-38H,9-10,15-20H2,1-2H3,(H,39,43)(H,40,44)/b27-21-,28-22-/t25-,26-,29+,30+/m0/s1. The summed E-state index contributed by atoms with van der Waals surface area (Å²) in [5.41, 5.74) is 1.13. The van der Waals surface area contributed by atoms with Gasteiger partial charge in [-0.25, -0.2) is 9.59 Å². The Hall–Kier alpha value is -5.66. The lowest BCUT2D eigenvalue weighted by Gasteiger charge is -2.30. The topological polar surface area (TPSA) is 175 Å². The van der Waals surface area contributed by atoms with Gasteiger partial charge < -0.3 is 40.5 Å². The average molecular weight is 687 g/mol. The molecule has 264 valence electrons. The van der Waals surface area contributed by atoms with Gasteiger partial charge in [-0.3, -0.25) is 19.2 Å². The predicted molar refractivity (Wildman–Crippen MR) is 180 cm³/mol. The highest BCUT2D eigenvalue weighted by molar-refractivity contribution is 5.99. The summed E-state index contributed by atoms with van der Waals surface area (Å²) in [6.45, 7) is 0.545. The fraction of sp³-hybridized carbons (Fsp3) is 0.389. The lowest BCUT2D eigenvalue weighted by molar-refractivity contribution is -0.142. The number of hydrogen-bond acceptors (Lipinski definition) is 10. The van der Waals surface area contributed by atoms with E-state index < -0.39 is 59.7 Å². The fourth-order valence-corrected chi connectivity index (χ4v) is 6.45. The molecule has 2 aromatic rings. The minimum absolute atomic E-state index is 0.189. The zero-order chi connectivity index (χ0) is 35.6. The van der Waals surface area contributed by atoms with E-state index in [9.17, 15) is 28.8 Å². The molecule has 2 aromatic carbocycles. The molecule has 2 fully saturated rings. The number of benzene rings is 2. The van der Waals surface area contributed by atoms with Crippen molar-refractivity contribution in [2.45, 2.75) is 62.7 Å². The second-order valence-corrected chi connectivity index (χ2v) is 12.3. The first-order valence-corrected chi connectivity index (χ1v) is 16.6. The van der Waals surface area contributed by atoms with Gasteiger partial charge in [-0.15, -0.1) is 0 Å². The largest absolute Gasteiger partial charge is 0.464 e. The summed E-state index contributed by atoms with van der Waals surface area (Å²) < 4.78 is 9.89. The average Bonchev–Trinajstić information content (AvgIpc) is 3.84. The van der Waals surface area contributed by atoms with Gasteiger partial charge in [0.1, 0.15) is 35.6 Å². The Labute approximate surface area is 290 Å². The van der Waals surface area contributed by atoms with Crippen LogP contribution in [0, 0.1) is 0 Å². The molecule has 0 saturated carbocycles. The maximum Gasteiger partial charge on any atom is 0.356 e. The number of carbonyl (C=O) groups is 6. The van der Waals surface area contributed by atoms with Crippen LogP contribution in [-0.2, 0) is 51.1 Å². The van der Waals surface area contributed by atoms with E-state index in [0.29, 0.717) is 25.7 Å². The van der Waals surface area contributed by atoms with E-state index in [0.717, 1.165) is 11.1 Å². The van der Waals surface area contributed by atoms with Crippen molar-refractivity contribution in [3.05, 3.63) is 95.6 Å². The second-order valence-electron chi connectivity index (χ2n) is 12.3. The molecule has 3 heterocycles. The second kappa shape index (κ2) is 16.6. The number of esters is 2. The fourth-order valence-electron chi connectivity index (χ4n) is 6.45. The summed E-state index contributed by atoms with van der Waals surface area (Å²) in [6.07, 6.45) is 4.56. The van der Waals surface area contributed by atoms with Crippen molar-refractivity contribution in [1.29, 1.82) is 0 Å². The SMILES string of the molecule is COC(=O)/C1=C/N[C@@H](Cc2ccccc2)C(=O)N2CCC[C@@H]2C(=O)N/C(C(=O)OC)=C\N[C@@H](Cc2ccccc2)C(=O)N2CCC[C@@H]2C(=O)N1. The molecule has 0 unspecified atom stereocenters. The van der Waals surface area contributed by atoms with Crippen molar-refractivity contribution in [3.8, 4) is 0 Å². The summed E-state index contributed by atoms with van der Waals surface area (Å²) in [7, 11) is 2.34. The molecule has 0 spiro atoms. The lowest BCUT2D eigenvalue weighted by Crippen LogP contribution is -2.54. The van der Waals surface area contributed by atoms with E-state index in [1.54, 1.807) is 0 Å². The highest BCUT2D eigenvalue weighted by atomic mass is 16.5. The minimum Gasteiger partial charge on any atom is -0.464 e. The van der Waals surface area contributed by atoms with Crippen molar-refractivity contribution in [1.82, 2.24) is 31.1 Å². The van der Waals surface area contributed by atoms with Gasteiger partial charge in [0, 0.05) is 38.3 Å². The highest BCUT2D eigenvalue weighted by Gasteiger charge is 2.40. The van der Waals surface area contributed by atoms with E-state index in [4.69, 9.17) is 9.47 Å². The third-order valence-corrected chi connectivity index (χ3v) is 9.02. The van der Waals surface area contributed by atoms with Crippen LogP contribution >= 0.6 is 0 Å². The smallest absolute Gasteiger partial charge is 0.356 e. The van der Waals surface area contributed by atoms with Crippen LogP contribution in [0.3, 0.4) is 0 Å². The number of hydrogen-bond donors (Lipinski definition) is 4. The van der Waals surface area contributed by atoms with Gasteiger partial charge in [0.2, 0.25) is 23.6 Å². The minimum atomic E-state index is -0.957. The molecule has 0 aliphatic carbocycles. The molecular formula is C36H42N6O8. The zero-order valence-electron chi connectivity index (χ0n) is 28.1. The quantitative estimate of drug-likeness (QED) is 0.316. The van der Waals surface area contributed by atoms with Crippen molar-refractivity contribution < 1.29 is 38.2 Å². The Morgan fingerprint density at radius 2 is 1.02 bits per heavy atom. The van der Waals surface area contributed by atoms with Crippen LogP contribution in [0.25, 0.3) is 0 Å². The van der Waals surface area contributed by atoms with Crippen LogP contribution in [0.2, 0.25) is 0 Å². The molecule has 50 heavy (non-hydrogen) atoms. The first-order valence-electron chi connectivity index (χ1n) is 16.6. The van der Waals surface area contributed by atoms with Gasteiger partial charge in [0.15, 0.2) is 0 Å². The molecule has 0 radical (unpaired) electrons. The predicted octanol–water partition coefficient (Wildman–Crippen LogP) is 0.645. The van der Waals surface area contributed by atoms with Crippen molar-refractivity contribution >= 4 is 35.6 Å². The Bertz CT molecular complexity index is 1520. The highest BCUT2D eigenvalue weighted by Crippen LogP contribution is 2.22. The van der Waals surface area contributed by atoms with Crippen molar-refractivity contribution in [3.63, 3.8) is 0 Å². The number of methoxy groups -OCH3 is 2. The Morgan fingerprint density at radius 3 is 1.38 bits per heavy atom. The molecule has 14 nitrogen and oxygen atoms in total. The molecule has 3 aliphatic rings. The van der Waals surface area contributed by atoms with Crippen LogP contribution in [0.1, 0.15) is 36.8 Å². The third kappa shape index (κ3) is 8.49. The Balaban J connectivity index is 1.55. The molecule has 4 amide bonds. The molecule has 0 bridgehead atoms. The van der Waals surface area contributed by atoms with Gasteiger partial charge in [0.25, 0.3) is 0 Å². The maximum atomic E-state index is 14.1. The van der Waals surface area contributed by atoms with Crippen LogP contribution in [0.5, 0.6) is 0 Å². The third-order valence-electron chi connectivity index (χ3n) is 9.02. The summed E-state index contributed by atoms with van der Waals surface area (Å²) in [5.74, 6) is -3.75. The summed E-state index contributed by atoms with van der Waals surface area (Å²) >= 11 is 0. The molecule has 2 saturated heterocycles. The number of amides is 4. The molecule has 3 aliphatic heterocycles. The number of nitrogens with one attached hydrogen (secondary N) is 4. The first-order chi connectivity index (χ1) is 24.2. The molecule has 5 rings (SSSR count). The maximum absolute atomic E-state index is 14.1. The van der Waals surface area contributed by atoms with E-state index in [-0.39, 0.29) is 37.3 Å². The van der Waals surface area contributed by atoms with Crippen LogP contribution in [0.15, 0.2) is 84.5 Å². The molecule has 14 heteroatoms. The monoisotopic (exact) mass is 686 g/mol. The van der Waals surface area contributed by atoms with Gasteiger partial charge >= 0.3 is 11.9 Å². The van der Waals surface area contributed by atoms with Gasteiger partial charge in [-0.2, -0.15) is 0 Å². The summed E-state index contributed by atoms with van der Waals surface area (Å²) in [5, 5.41) is 11.2. The Morgan fingerprint density at radius 1 is 0.640 bits per heavy atom. The molecule has 4 N–H and O–H groups in total. The van der Waals surface area contributed by atoms with E-state index >= 15 is 0 Å². The normalized spacial score (nSPS) is 25.5. The molecule has 4 atom stereocenters. The van der Waals surface area contributed by atoms with Gasteiger partial charge in [0.05, 0.1) is 14.2 Å². The van der Waals surface area contributed by atoms with E-state index in [1.165, 1.54) is 36.4 Å². The summed E-state index contributed by atoms with van der Waals surface area (Å²) in [4.78, 5) is 84.4. The number of rotatable bonds is 6. The number of nitrogens with zero attached hydrogens (tertiary/aromatic N) is 2. The molecule has 0 aromatic heterocycles. The first kappa shape index (κ1) is 35.6. The van der Waals surface area contributed by atoms with Gasteiger partial charge in [-0.1, -0.05) is 60.7 Å². The number of ether oxygens (including phenoxy) is 2. The zero-order valence-corrected chi connectivity index (χ0v) is 28.1. The van der Waals surface area contributed by atoms with Crippen LogP contribution in [0.4, 0.5) is 0 Å². The van der Waals surface area contributed by atoms with Gasteiger partial charge in [-0.05, 0) is 36.8 Å². The van der Waals surface area contributed by atoms with Crippen LogP contribution in [-0.4, -0.2) is 96.8 Å². The van der Waals surface area contributed by atoms with Crippen molar-refractivity contribution in [2.75, 3.05) is 27.3 Å². The number of carbonyl (C=O) groups excluding carboxylic acids is 6. The van der Waals surface area contributed by atoms with E-state index in [1.807, 2.05) is 60.7 Å². The van der Waals surface area contributed by atoms with Crippen molar-refractivity contribution in [2.24, 2.45) is 0 Å². The molecular weight excluding hydrogens is 644 g/mol. The number of fused-ring (bicyclic) bond motifs is 2. The van der Waals surface area contributed by atoms with E-state index in [2.05, 4.69) is 21.3 Å². The summed E-state index contributed by atoms with van der Waals surface area (Å²) in [6, 6.07) is 14.6. The van der Waals surface area contributed by atoms with Crippen LogP contribution < -0.4 is 21.3 Å².